The second-order valence-corrected chi connectivity index (χ2v) is 8.69. The molecule has 4 atom stereocenters. The number of hydrogen-bond donors (Lipinski definition) is 0. The Morgan fingerprint density at radius 2 is 1.80 bits per heavy atom. The number of amides is 2. The maximum Gasteiger partial charge on any atom is 0.314 e. The summed E-state index contributed by atoms with van der Waals surface area (Å²) in [6.07, 6.45) is 7.05. The molecule has 1 aliphatic carbocycles. The zero-order chi connectivity index (χ0) is 18.6. The molecule has 140 valence electrons. The van der Waals surface area contributed by atoms with Crippen molar-refractivity contribution in [2.45, 2.75) is 57.0 Å². The molecule has 4 rings (SSSR count). The predicted molar refractivity (Wildman–Crippen MR) is 95.5 cm³/mol. The van der Waals surface area contributed by atoms with Crippen molar-refractivity contribution in [3.63, 3.8) is 0 Å². The van der Waals surface area contributed by atoms with E-state index in [-0.39, 0.29) is 23.8 Å². The summed E-state index contributed by atoms with van der Waals surface area (Å²) in [5, 5.41) is 0. The van der Waals surface area contributed by atoms with Gasteiger partial charge in [0.05, 0.1) is 7.11 Å². The van der Waals surface area contributed by atoms with Crippen molar-refractivity contribution in [3.05, 3.63) is 0 Å². The lowest BCUT2D eigenvalue weighted by molar-refractivity contribution is -0.217. The summed E-state index contributed by atoms with van der Waals surface area (Å²) < 4.78 is 5.11. The van der Waals surface area contributed by atoms with Gasteiger partial charge in [-0.1, -0.05) is 26.2 Å². The van der Waals surface area contributed by atoms with Crippen molar-refractivity contribution in [2.75, 3.05) is 20.4 Å². The summed E-state index contributed by atoms with van der Waals surface area (Å²) in [4.78, 5) is 41.9. The second-order valence-electron chi connectivity index (χ2n) is 7.69. The fourth-order valence-electron chi connectivity index (χ4n) is 5.16. The number of piperidine rings is 2. The smallest absolute Gasteiger partial charge is 0.314 e. The van der Waals surface area contributed by atoms with Gasteiger partial charge in [0.15, 0.2) is 4.99 Å². The van der Waals surface area contributed by atoms with Crippen LogP contribution < -0.4 is 0 Å². The molecule has 0 spiro atoms. The van der Waals surface area contributed by atoms with Crippen LogP contribution in [-0.4, -0.2) is 59.0 Å². The van der Waals surface area contributed by atoms with E-state index in [9.17, 15) is 14.4 Å². The Bertz CT molecular complexity index is 606. The van der Waals surface area contributed by atoms with E-state index in [0.717, 1.165) is 25.7 Å². The minimum absolute atomic E-state index is 0.0724. The fraction of sp³-hybridized carbons (Fsp3) is 0.833. The van der Waals surface area contributed by atoms with Gasteiger partial charge in [-0.15, -0.1) is 11.8 Å². The van der Waals surface area contributed by atoms with Crippen LogP contribution in [0.15, 0.2) is 0 Å². The lowest BCUT2D eigenvalue weighted by Crippen LogP contribution is -2.83. The number of carbonyl (C=O) groups excluding carboxylic acids is 3. The number of fused-ring (bicyclic) bond motifs is 3. The molecule has 0 radical (unpaired) electrons. The number of methoxy groups -OCH3 is 1. The van der Waals surface area contributed by atoms with Gasteiger partial charge >= 0.3 is 5.97 Å². The van der Waals surface area contributed by atoms with Gasteiger partial charge in [-0.25, -0.2) is 0 Å². The number of nitrogens with zero attached hydrogens (tertiary/aromatic N) is 2. The molecule has 0 aromatic carbocycles. The zero-order valence-electron chi connectivity index (χ0n) is 15.7. The minimum Gasteiger partial charge on any atom is -0.469 e. The molecule has 3 aliphatic heterocycles. The summed E-state index contributed by atoms with van der Waals surface area (Å²) in [6, 6.07) is 0.0724. The number of hydrogen-bond acceptors (Lipinski definition) is 5. The molecule has 2 bridgehead atoms. The first-order valence-electron chi connectivity index (χ1n) is 9.03. The van der Waals surface area contributed by atoms with E-state index in [1.165, 1.54) is 25.3 Å². The van der Waals surface area contributed by atoms with Gasteiger partial charge in [0.25, 0.3) is 0 Å². The van der Waals surface area contributed by atoms with Crippen LogP contribution in [0, 0.1) is 17.3 Å². The highest BCUT2D eigenvalue weighted by Gasteiger charge is 2.74. The molecule has 3 saturated heterocycles. The summed E-state index contributed by atoms with van der Waals surface area (Å²) >= 11 is 1.41. The molecule has 2 amide bonds. The molecule has 0 unspecified atom stereocenters. The van der Waals surface area contributed by atoms with Crippen molar-refractivity contribution >= 4 is 29.5 Å². The molecule has 6 nitrogen and oxygen atoms in total. The van der Waals surface area contributed by atoms with Crippen LogP contribution in [0.25, 0.3) is 0 Å². The Labute approximate surface area is 153 Å². The summed E-state index contributed by atoms with van der Waals surface area (Å²) in [6.45, 7) is 3.54. The van der Waals surface area contributed by atoms with Crippen LogP contribution in [0.5, 0.6) is 0 Å². The molecule has 7 heteroatoms. The topological polar surface area (TPSA) is 66.9 Å². The first kappa shape index (κ1) is 18.5. The lowest BCUT2D eigenvalue weighted by Gasteiger charge is -2.67. The SMILES string of the molecule is COC(=O)[C@@H]1[C@@H](C)[C@]2(C)C(=O)N(C)[C@@]1(SC)N(C1CCCCC1)C2=O. The van der Waals surface area contributed by atoms with Gasteiger partial charge in [0.2, 0.25) is 11.8 Å². The van der Waals surface area contributed by atoms with Crippen molar-refractivity contribution in [1.29, 1.82) is 0 Å². The standard InChI is InChI=1S/C18H28N2O4S/c1-11-13(14(21)24-4)18(25-5)19(3)15(22)17(11,2)16(23)20(18)12-9-7-6-8-10-12/h11-13H,6-10H2,1-5H3/t11-,13+,17-,18-/m1/s1. The van der Waals surface area contributed by atoms with Gasteiger partial charge in [-0.2, -0.15) is 0 Å². The van der Waals surface area contributed by atoms with E-state index in [1.54, 1.807) is 18.9 Å². The van der Waals surface area contributed by atoms with E-state index in [0.29, 0.717) is 0 Å². The number of thioether (sulfide) groups is 1. The van der Waals surface area contributed by atoms with Crippen molar-refractivity contribution in [2.24, 2.45) is 17.3 Å². The van der Waals surface area contributed by atoms with Crippen molar-refractivity contribution in [3.8, 4) is 0 Å². The third kappa shape index (κ3) is 2.14. The van der Waals surface area contributed by atoms with Gasteiger partial charge in [0.1, 0.15) is 11.3 Å². The molecular weight excluding hydrogens is 340 g/mol. The van der Waals surface area contributed by atoms with Crippen LogP contribution in [0.1, 0.15) is 46.0 Å². The molecule has 0 aromatic rings. The number of carbonyl (C=O) groups is 3. The number of rotatable bonds is 3. The lowest BCUT2D eigenvalue weighted by atomic mass is 9.61. The fourth-order valence-corrected chi connectivity index (χ4v) is 6.50. The zero-order valence-corrected chi connectivity index (χ0v) is 16.5. The predicted octanol–water partition coefficient (Wildman–Crippen LogP) is 2.08. The van der Waals surface area contributed by atoms with E-state index >= 15 is 0 Å². The average Bonchev–Trinajstić information content (AvgIpc) is 2.63. The van der Waals surface area contributed by atoms with E-state index in [1.807, 2.05) is 18.1 Å². The van der Waals surface area contributed by atoms with Gasteiger partial charge in [0, 0.05) is 13.1 Å². The molecule has 0 N–H and O–H groups in total. The number of ether oxygens (including phenoxy) is 1. The molecule has 4 aliphatic rings. The highest BCUT2D eigenvalue weighted by Crippen LogP contribution is 2.60. The van der Waals surface area contributed by atoms with E-state index in [4.69, 9.17) is 4.74 Å². The van der Waals surface area contributed by atoms with Gasteiger partial charge in [-0.05, 0) is 31.9 Å². The molecule has 0 aromatic heterocycles. The molecule has 3 heterocycles. The van der Waals surface area contributed by atoms with E-state index < -0.39 is 22.2 Å². The van der Waals surface area contributed by atoms with E-state index in [2.05, 4.69) is 0 Å². The maximum absolute atomic E-state index is 13.5. The quantitative estimate of drug-likeness (QED) is 0.564. The molecule has 4 fully saturated rings. The van der Waals surface area contributed by atoms with Gasteiger partial charge in [-0.3, -0.25) is 14.4 Å². The van der Waals surface area contributed by atoms with Crippen LogP contribution in [0.2, 0.25) is 0 Å². The monoisotopic (exact) mass is 368 g/mol. The number of esters is 1. The Hall–Kier alpha value is -1.24. The third-order valence-electron chi connectivity index (χ3n) is 6.75. The highest BCUT2D eigenvalue weighted by molar-refractivity contribution is 8.00. The normalized spacial score (nSPS) is 39.1. The Kier molecular flexibility index (Phi) is 4.58. The first-order valence-corrected chi connectivity index (χ1v) is 10.3. The first-order chi connectivity index (χ1) is 11.8. The Morgan fingerprint density at radius 3 is 2.32 bits per heavy atom. The van der Waals surface area contributed by atoms with Gasteiger partial charge < -0.3 is 14.5 Å². The van der Waals surface area contributed by atoms with Crippen LogP contribution in [-0.2, 0) is 19.1 Å². The average molecular weight is 368 g/mol. The summed E-state index contributed by atoms with van der Waals surface area (Å²) in [5.41, 5.74) is -1.21. The maximum atomic E-state index is 13.5. The van der Waals surface area contributed by atoms with Crippen molar-refractivity contribution in [1.82, 2.24) is 9.80 Å². The summed E-state index contributed by atoms with van der Waals surface area (Å²) in [7, 11) is 3.10. The van der Waals surface area contributed by atoms with Crippen LogP contribution in [0.3, 0.4) is 0 Å². The minimum atomic E-state index is -1.21. The molecule has 25 heavy (non-hydrogen) atoms. The Balaban J connectivity index is 2.20. The Morgan fingerprint density at radius 1 is 1.20 bits per heavy atom. The highest BCUT2D eigenvalue weighted by atomic mass is 32.2. The van der Waals surface area contributed by atoms with Crippen LogP contribution >= 0.6 is 11.8 Å². The third-order valence-corrected chi connectivity index (χ3v) is 8.07. The molecule has 1 saturated carbocycles. The van der Waals surface area contributed by atoms with Crippen LogP contribution in [0.4, 0.5) is 0 Å². The largest absolute Gasteiger partial charge is 0.469 e. The summed E-state index contributed by atoms with van der Waals surface area (Å²) in [5.74, 6) is -1.61. The van der Waals surface area contributed by atoms with Crippen molar-refractivity contribution < 1.29 is 19.1 Å². The molecular formula is C18H28N2O4S. The second kappa shape index (κ2) is 6.18.